The van der Waals surface area contributed by atoms with Crippen molar-refractivity contribution in [3.05, 3.63) is 47.3 Å². The summed E-state index contributed by atoms with van der Waals surface area (Å²) in [6.07, 6.45) is 6.52. The van der Waals surface area contributed by atoms with Crippen LogP contribution in [0.1, 0.15) is 53.9 Å². The molecule has 0 atom stereocenters. The summed E-state index contributed by atoms with van der Waals surface area (Å²) in [5.41, 5.74) is 1.11. The maximum Gasteiger partial charge on any atom is 0.274 e. The van der Waals surface area contributed by atoms with E-state index in [9.17, 15) is 4.79 Å². The molecule has 142 valence electrons. The number of aromatic nitrogens is 1. The lowest BCUT2D eigenvalue weighted by Crippen LogP contribution is -2.55. The highest BCUT2D eigenvalue weighted by Gasteiger charge is 2.48. The molecule has 1 amide bonds. The minimum absolute atomic E-state index is 0.115. The summed E-state index contributed by atoms with van der Waals surface area (Å²) in [4.78, 5) is 13.0. The van der Waals surface area contributed by atoms with Crippen molar-refractivity contribution in [2.75, 3.05) is 0 Å². The Morgan fingerprint density at radius 3 is 2.44 bits per heavy atom. The van der Waals surface area contributed by atoms with Crippen molar-refractivity contribution >= 4 is 5.91 Å². The molecule has 0 aliphatic heterocycles. The Labute approximate surface area is 159 Å². The second-order valence-electron chi connectivity index (χ2n) is 8.60. The minimum Gasteiger partial charge on any atom is -0.489 e. The van der Waals surface area contributed by atoms with Crippen molar-refractivity contribution in [2.24, 2.45) is 23.7 Å². The van der Waals surface area contributed by atoms with E-state index in [-0.39, 0.29) is 12.5 Å². The highest BCUT2D eigenvalue weighted by Crippen LogP contribution is 2.53. The van der Waals surface area contributed by atoms with Gasteiger partial charge in [0.05, 0.1) is 5.56 Å². The van der Waals surface area contributed by atoms with E-state index in [2.05, 4.69) is 10.5 Å². The third kappa shape index (κ3) is 3.13. The van der Waals surface area contributed by atoms with Gasteiger partial charge < -0.3 is 14.6 Å². The van der Waals surface area contributed by atoms with Crippen molar-refractivity contribution in [1.29, 1.82) is 0 Å². The molecule has 1 N–H and O–H groups in total. The summed E-state index contributed by atoms with van der Waals surface area (Å²) >= 11 is 0. The van der Waals surface area contributed by atoms with Crippen LogP contribution in [0.2, 0.25) is 0 Å². The van der Waals surface area contributed by atoms with Gasteiger partial charge in [-0.1, -0.05) is 23.4 Å². The van der Waals surface area contributed by atoms with Gasteiger partial charge in [0.15, 0.2) is 5.69 Å². The van der Waals surface area contributed by atoms with E-state index in [1.807, 2.05) is 37.3 Å². The number of carbonyl (C=O) groups is 1. The van der Waals surface area contributed by atoms with Gasteiger partial charge in [-0.25, -0.2) is 0 Å². The number of benzene rings is 1. The van der Waals surface area contributed by atoms with Crippen LogP contribution >= 0.6 is 0 Å². The zero-order valence-corrected chi connectivity index (χ0v) is 15.7. The number of hydrogen-bond acceptors (Lipinski definition) is 4. The summed E-state index contributed by atoms with van der Waals surface area (Å²) < 4.78 is 11.1. The largest absolute Gasteiger partial charge is 0.489 e. The van der Waals surface area contributed by atoms with Gasteiger partial charge in [0.1, 0.15) is 18.1 Å². The Kier molecular flexibility index (Phi) is 4.18. The number of rotatable bonds is 5. The van der Waals surface area contributed by atoms with Crippen LogP contribution in [0.4, 0.5) is 0 Å². The molecular formula is C22H26N2O3. The zero-order valence-electron chi connectivity index (χ0n) is 15.7. The van der Waals surface area contributed by atoms with Crippen LogP contribution in [0.15, 0.2) is 34.9 Å². The van der Waals surface area contributed by atoms with Gasteiger partial charge in [0.25, 0.3) is 5.91 Å². The maximum atomic E-state index is 13.0. The van der Waals surface area contributed by atoms with Gasteiger partial charge in [0.2, 0.25) is 0 Å². The van der Waals surface area contributed by atoms with E-state index in [0.717, 1.165) is 23.1 Å². The van der Waals surface area contributed by atoms with E-state index in [4.69, 9.17) is 9.26 Å². The Hall–Kier alpha value is -2.30. The fourth-order valence-corrected chi connectivity index (χ4v) is 5.79. The van der Waals surface area contributed by atoms with E-state index >= 15 is 0 Å². The molecule has 5 heteroatoms. The highest BCUT2D eigenvalue weighted by atomic mass is 16.5. The van der Waals surface area contributed by atoms with Crippen molar-refractivity contribution in [2.45, 2.75) is 51.7 Å². The molecule has 27 heavy (non-hydrogen) atoms. The molecule has 1 heterocycles. The van der Waals surface area contributed by atoms with E-state index < -0.39 is 0 Å². The quantitative estimate of drug-likeness (QED) is 0.865. The summed E-state index contributed by atoms with van der Waals surface area (Å²) in [5.74, 6) is 4.36. The van der Waals surface area contributed by atoms with Crippen LogP contribution < -0.4 is 10.1 Å². The number of amides is 1. The van der Waals surface area contributed by atoms with Gasteiger partial charge in [0, 0.05) is 6.04 Å². The normalized spacial score (nSPS) is 31.1. The first-order chi connectivity index (χ1) is 13.2. The fourth-order valence-electron chi connectivity index (χ4n) is 5.79. The van der Waals surface area contributed by atoms with Gasteiger partial charge in [-0.3, -0.25) is 4.79 Å². The lowest BCUT2D eigenvalue weighted by molar-refractivity contribution is -0.0120. The third-order valence-electron chi connectivity index (χ3n) is 6.85. The predicted molar refractivity (Wildman–Crippen MR) is 100 cm³/mol. The molecule has 4 aliphatic carbocycles. The standard InChI is InChI=1S/C22H26N2O3/c1-13-19(12-26-18-5-3-2-4-6-18)21(24-27-13)22(25)23-20-16-8-14-7-15(10-16)11-17(20)9-14/h2-6,14-17,20H,7-12H2,1H3,(H,23,25). The molecule has 0 unspecified atom stereocenters. The number of hydrogen-bond donors (Lipinski definition) is 1. The number of nitrogens with zero attached hydrogens (tertiary/aromatic N) is 1. The summed E-state index contributed by atoms with van der Waals surface area (Å²) in [7, 11) is 0. The first-order valence-electron chi connectivity index (χ1n) is 10.1. The van der Waals surface area contributed by atoms with Crippen molar-refractivity contribution < 1.29 is 14.1 Å². The lowest BCUT2D eigenvalue weighted by atomic mass is 9.54. The second kappa shape index (κ2) is 6.70. The Morgan fingerprint density at radius 2 is 1.78 bits per heavy atom. The molecule has 0 radical (unpaired) electrons. The summed E-state index contributed by atoms with van der Waals surface area (Å²) in [6, 6.07) is 9.89. The summed E-state index contributed by atoms with van der Waals surface area (Å²) in [6.45, 7) is 2.11. The highest BCUT2D eigenvalue weighted by molar-refractivity contribution is 5.94. The van der Waals surface area contributed by atoms with E-state index in [1.54, 1.807) is 0 Å². The molecule has 0 spiro atoms. The SMILES string of the molecule is Cc1onc(C(=O)NC2C3CC4CC(C3)CC2C4)c1COc1ccccc1. The van der Waals surface area contributed by atoms with Gasteiger partial charge >= 0.3 is 0 Å². The van der Waals surface area contributed by atoms with E-state index in [1.165, 1.54) is 32.1 Å². The number of aryl methyl sites for hydroxylation is 1. The molecule has 6 rings (SSSR count). The van der Waals surface area contributed by atoms with E-state index in [0.29, 0.717) is 29.3 Å². The van der Waals surface area contributed by atoms with Crippen molar-refractivity contribution in [3.8, 4) is 5.75 Å². The molecule has 5 nitrogen and oxygen atoms in total. The average Bonchev–Trinajstić information content (AvgIpc) is 3.04. The van der Waals surface area contributed by atoms with Crippen molar-refractivity contribution in [1.82, 2.24) is 10.5 Å². The molecule has 1 aromatic carbocycles. The summed E-state index contributed by atoms with van der Waals surface area (Å²) in [5, 5.41) is 7.36. The molecule has 4 aliphatic rings. The van der Waals surface area contributed by atoms with Crippen LogP contribution in [0.5, 0.6) is 5.75 Å². The predicted octanol–water partition coefficient (Wildman–Crippen LogP) is 4.12. The van der Waals surface area contributed by atoms with Crippen LogP contribution in [-0.4, -0.2) is 17.1 Å². The Morgan fingerprint density at radius 1 is 1.11 bits per heavy atom. The number of ether oxygens (including phenoxy) is 1. The molecule has 0 saturated heterocycles. The Bertz CT molecular complexity index is 801. The van der Waals surface area contributed by atoms with Crippen LogP contribution in [0, 0.1) is 30.6 Å². The van der Waals surface area contributed by atoms with Gasteiger partial charge in [-0.15, -0.1) is 0 Å². The van der Waals surface area contributed by atoms with Crippen LogP contribution in [0.25, 0.3) is 0 Å². The first-order valence-corrected chi connectivity index (χ1v) is 10.1. The number of para-hydroxylation sites is 1. The Balaban J connectivity index is 1.29. The molecule has 4 saturated carbocycles. The maximum absolute atomic E-state index is 13.0. The molecule has 1 aromatic heterocycles. The molecule has 4 bridgehead atoms. The van der Waals surface area contributed by atoms with Gasteiger partial charge in [-0.2, -0.15) is 0 Å². The topological polar surface area (TPSA) is 64.4 Å². The van der Waals surface area contributed by atoms with Crippen molar-refractivity contribution in [3.63, 3.8) is 0 Å². The zero-order chi connectivity index (χ0) is 18.4. The smallest absolute Gasteiger partial charge is 0.274 e. The number of nitrogens with one attached hydrogen (secondary N) is 1. The fraction of sp³-hybridized carbons (Fsp3) is 0.545. The third-order valence-corrected chi connectivity index (χ3v) is 6.85. The van der Waals surface area contributed by atoms with Gasteiger partial charge in [-0.05, 0) is 74.8 Å². The van der Waals surface area contributed by atoms with Crippen LogP contribution in [0.3, 0.4) is 0 Å². The molecule has 4 fully saturated rings. The minimum atomic E-state index is -0.115. The second-order valence-corrected chi connectivity index (χ2v) is 8.60. The molecule has 2 aromatic rings. The average molecular weight is 366 g/mol. The first kappa shape index (κ1) is 16.8. The monoisotopic (exact) mass is 366 g/mol. The van der Waals surface area contributed by atoms with Crippen LogP contribution in [-0.2, 0) is 6.61 Å². The number of carbonyl (C=O) groups excluding carboxylic acids is 1. The lowest BCUT2D eigenvalue weighted by Gasteiger charge is -2.54. The molecular weight excluding hydrogens is 340 g/mol.